The second-order valence-electron chi connectivity index (χ2n) is 20.4. The number of fused-ring (bicyclic) bond motifs is 3. The van der Waals surface area contributed by atoms with E-state index in [9.17, 15) is 0 Å². The molecule has 1 aromatic carbocycles. The Hall–Kier alpha value is -3.84. The highest BCUT2D eigenvalue weighted by Crippen LogP contribution is 2.51. The van der Waals surface area contributed by atoms with Crippen molar-refractivity contribution in [3.05, 3.63) is 152 Å². The molecule has 0 radical (unpaired) electrons. The number of allylic oxidation sites excluding steroid dienone is 19. The van der Waals surface area contributed by atoms with Gasteiger partial charge in [0.25, 0.3) is 0 Å². The van der Waals surface area contributed by atoms with Gasteiger partial charge < -0.3 is 4.90 Å². The van der Waals surface area contributed by atoms with Crippen molar-refractivity contribution in [2.45, 2.75) is 150 Å². The zero-order chi connectivity index (χ0) is 41.7. The first-order valence-corrected chi connectivity index (χ1v) is 25.4. The molecule has 0 amide bonds. The molecular weight excluding hydrogens is 735 g/mol. The van der Waals surface area contributed by atoms with E-state index in [0.29, 0.717) is 35.5 Å². The molecule has 6 unspecified atom stereocenters. The Morgan fingerprint density at radius 3 is 2.46 bits per heavy atom. The Labute approximate surface area is 371 Å². The van der Waals surface area contributed by atoms with Crippen molar-refractivity contribution in [2.24, 2.45) is 41.4 Å². The molecule has 1 nitrogen and oxygen atoms in total. The number of aryl methyl sites for hydroxylation is 1. The lowest BCUT2D eigenvalue weighted by molar-refractivity contribution is 0.141. The van der Waals surface area contributed by atoms with Gasteiger partial charge in [-0.25, -0.2) is 0 Å². The molecule has 9 rings (SSSR count). The van der Waals surface area contributed by atoms with Gasteiger partial charge in [-0.15, -0.1) is 0 Å². The van der Waals surface area contributed by atoms with Gasteiger partial charge in [-0.1, -0.05) is 146 Å². The van der Waals surface area contributed by atoms with Crippen molar-refractivity contribution >= 4 is 11.8 Å². The minimum atomic E-state index is 0.560. The standard InChI is InChI=1S/C60H77N/c1-5-7-18-46(17-6-2)55-37-38-59(58-27-15-14-26-57(55)58)60-41-61(51-36-35-44-19-8-9-21-49(44)39-51)40-50(30-29-42(3)43(4)52-23-12-13-25-56(52)60)45-31-33-48(34-32-45)54-28-16-22-47-20-10-11-24-53(47)54/h5,7,9-10,15-16,20-22,27,29-30,33,35-36,39,43,45-46,52,54,56,60H,6,8,11-14,17-19,23-26,28,31-32,34,37-38,40-41H2,1-4H3/b7-5-,42-29+,50-30+/t43?,45-,46?,52?,54?,56?,60?/m1/s1. The molecule has 1 fully saturated rings. The molecule has 0 saturated heterocycles. The van der Waals surface area contributed by atoms with Crippen LogP contribution in [-0.4, -0.2) is 13.1 Å². The zero-order valence-corrected chi connectivity index (χ0v) is 38.6. The van der Waals surface area contributed by atoms with Crippen LogP contribution >= 0.6 is 0 Å². The van der Waals surface area contributed by atoms with E-state index in [0.717, 1.165) is 25.4 Å². The quantitative estimate of drug-likeness (QED) is 0.225. The molecule has 0 spiro atoms. The van der Waals surface area contributed by atoms with Crippen molar-refractivity contribution in [2.75, 3.05) is 18.0 Å². The van der Waals surface area contributed by atoms with Crippen LogP contribution in [0.1, 0.15) is 154 Å². The number of nitrogens with zero attached hydrogens (tertiary/aromatic N) is 1. The van der Waals surface area contributed by atoms with Crippen molar-refractivity contribution in [1.29, 1.82) is 0 Å². The van der Waals surface area contributed by atoms with Crippen LogP contribution in [0.2, 0.25) is 0 Å². The van der Waals surface area contributed by atoms with Crippen LogP contribution in [0.4, 0.5) is 5.69 Å². The van der Waals surface area contributed by atoms with E-state index in [2.05, 4.69) is 130 Å². The Bertz CT molecular complexity index is 2120. The summed E-state index contributed by atoms with van der Waals surface area (Å²) in [6.07, 6.45) is 56.2. The lowest BCUT2D eigenvalue weighted by atomic mass is 9.62. The van der Waals surface area contributed by atoms with E-state index < -0.39 is 0 Å². The normalized spacial score (nSPS) is 31.7. The monoisotopic (exact) mass is 812 g/mol. The van der Waals surface area contributed by atoms with E-state index in [4.69, 9.17) is 0 Å². The average Bonchev–Trinajstić information content (AvgIpc) is 3.33. The number of anilines is 1. The van der Waals surface area contributed by atoms with Gasteiger partial charge in [0.2, 0.25) is 0 Å². The Morgan fingerprint density at radius 1 is 0.787 bits per heavy atom. The molecule has 61 heavy (non-hydrogen) atoms. The van der Waals surface area contributed by atoms with Crippen LogP contribution in [0.15, 0.2) is 141 Å². The first-order valence-electron chi connectivity index (χ1n) is 25.4. The molecular formula is C60H77N. The Balaban J connectivity index is 1.13. The van der Waals surface area contributed by atoms with Crippen LogP contribution < -0.4 is 4.90 Å². The number of rotatable bonds is 9. The molecule has 0 aromatic heterocycles. The smallest absolute Gasteiger partial charge is 0.0395 e. The highest BCUT2D eigenvalue weighted by atomic mass is 15.1. The number of benzene rings is 1. The summed E-state index contributed by atoms with van der Waals surface area (Å²) >= 11 is 0. The molecule has 1 heteroatoms. The first kappa shape index (κ1) is 42.5. The van der Waals surface area contributed by atoms with Gasteiger partial charge in [-0.2, -0.15) is 0 Å². The van der Waals surface area contributed by atoms with E-state index in [1.54, 1.807) is 33.4 Å². The maximum Gasteiger partial charge on any atom is 0.0395 e. The van der Waals surface area contributed by atoms with E-state index in [1.807, 2.05) is 11.1 Å². The maximum atomic E-state index is 2.92. The minimum Gasteiger partial charge on any atom is -0.367 e. The van der Waals surface area contributed by atoms with Gasteiger partial charge >= 0.3 is 0 Å². The second kappa shape index (κ2) is 19.7. The van der Waals surface area contributed by atoms with E-state index in [1.165, 1.54) is 138 Å². The first-order chi connectivity index (χ1) is 30.0. The predicted octanol–water partition coefficient (Wildman–Crippen LogP) is 16.5. The van der Waals surface area contributed by atoms with Crippen molar-refractivity contribution in [1.82, 2.24) is 0 Å². The van der Waals surface area contributed by atoms with Crippen LogP contribution in [0.25, 0.3) is 6.08 Å². The summed E-state index contributed by atoms with van der Waals surface area (Å²) in [5.74, 6) is 4.50. The summed E-state index contributed by atoms with van der Waals surface area (Å²) in [6.45, 7) is 11.9. The van der Waals surface area contributed by atoms with E-state index >= 15 is 0 Å². The molecule has 1 saturated carbocycles. The van der Waals surface area contributed by atoms with Crippen LogP contribution in [0.3, 0.4) is 0 Å². The fraction of sp³-hybridized carbons (Fsp3) is 0.533. The zero-order valence-electron chi connectivity index (χ0n) is 38.6. The largest absolute Gasteiger partial charge is 0.367 e. The maximum absolute atomic E-state index is 2.92. The van der Waals surface area contributed by atoms with Gasteiger partial charge in [0, 0.05) is 30.6 Å². The molecule has 7 atom stereocenters. The van der Waals surface area contributed by atoms with Crippen LogP contribution in [-0.2, 0) is 6.42 Å². The van der Waals surface area contributed by atoms with Gasteiger partial charge in [0.05, 0.1) is 0 Å². The summed E-state index contributed by atoms with van der Waals surface area (Å²) in [6, 6.07) is 7.59. The molecule has 1 heterocycles. The molecule has 1 aromatic rings. The molecule has 0 N–H and O–H groups in total. The SMILES string of the molecule is C/C=C\CC(CCC)C1=C2CCC=CC2=C(C2CN(c3ccc4c(c3)C=CCC4)C/C([C@@H]3CC=C(C4CC=CC5=C4CCC=C5)CC3)=C\C=C(/C)C(C)C3CCCCC23)CC1. The van der Waals surface area contributed by atoms with Gasteiger partial charge in [0.15, 0.2) is 0 Å². The van der Waals surface area contributed by atoms with Crippen molar-refractivity contribution in [3.8, 4) is 0 Å². The van der Waals surface area contributed by atoms with E-state index in [-0.39, 0.29) is 0 Å². The summed E-state index contributed by atoms with van der Waals surface area (Å²) in [4.78, 5) is 2.92. The fourth-order valence-corrected chi connectivity index (χ4v) is 13.6. The topological polar surface area (TPSA) is 3.24 Å². The van der Waals surface area contributed by atoms with Gasteiger partial charge in [-0.05, 0) is 192 Å². The third-order valence-electron chi connectivity index (χ3n) is 17.0. The summed E-state index contributed by atoms with van der Waals surface area (Å²) < 4.78 is 0. The third kappa shape index (κ3) is 9.15. The van der Waals surface area contributed by atoms with Gasteiger partial charge in [0.1, 0.15) is 0 Å². The fourth-order valence-electron chi connectivity index (χ4n) is 13.6. The van der Waals surface area contributed by atoms with Crippen molar-refractivity contribution in [3.63, 3.8) is 0 Å². The van der Waals surface area contributed by atoms with Gasteiger partial charge in [-0.3, -0.25) is 0 Å². The third-order valence-corrected chi connectivity index (χ3v) is 17.0. The Morgan fingerprint density at radius 2 is 1.61 bits per heavy atom. The Kier molecular flexibility index (Phi) is 13.7. The highest BCUT2D eigenvalue weighted by Gasteiger charge is 2.41. The average molecular weight is 812 g/mol. The summed E-state index contributed by atoms with van der Waals surface area (Å²) in [5, 5.41) is 0. The molecule has 7 aliphatic carbocycles. The van der Waals surface area contributed by atoms with Crippen LogP contribution in [0, 0.1) is 41.4 Å². The minimum absolute atomic E-state index is 0.560. The molecule has 0 bridgehead atoms. The number of hydrogen-bond donors (Lipinski definition) is 0. The van der Waals surface area contributed by atoms with Crippen molar-refractivity contribution < 1.29 is 0 Å². The predicted molar refractivity (Wildman–Crippen MR) is 264 cm³/mol. The lowest BCUT2D eigenvalue weighted by Gasteiger charge is -2.45. The highest BCUT2D eigenvalue weighted by molar-refractivity contribution is 5.64. The molecule has 1 aliphatic heterocycles. The lowest BCUT2D eigenvalue weighted by Crippen LogP contribution is -2.41. The summed E-state index contributed by atoms with van der Waals surface area (Å²) in [5.41, 5.74) is 19.7. The van der Waals surface area contributed by atoms with Crippen LogP contribution in [0.5, 0.6) is 0 Å². The second-order valence-corrected chi connectivity index (χ2v) is 20.4. The summed E-state index contributed by atoms with van der Waals surface area (Å²) in [7, 11) is 0. The molecule has 322 valence electrons. The molecule has 8 aliphatic rings. The number of hydrogen-bond acceptors (Lipinski definition) is 1.